The fourth-order valence-corrected chi connectivity index (χ4v) is 0.873. The maximum atomic E-state index is 11.2. The van der Waals surface area contributed by atoms with Crippen molar-refractivity contribution in [3.63, 3.8) is 0 Å². The summed E-state index contributed by atoms with van der Waals surface area (Å²) in [5.41, 5.74) is 4.49. The van der Waals surface area contributed by atoms with Crippen molar-refractivity contribution in [2.75, 3.05) is 20.2 Å². The van der Waals surface area contributed by atoms with Crippen LogP contribution >= 0.6 is 11.6 Å². The van der Waals surface area contributed by atoms with Crippen molar-refractivity contribution in [3.05, 3.63) is 11.6 Å². The van der Waals surface area contributed by atoms with Gasteiger partial charge in [0.05, 0.1) is 6.54 Å². The second-order valence-corrected chi connectivity index (χ2v) is 2.65. The highest BCUT2D eigenvalue weighted by atomic mass is 35.5. The van der Waals surface area contributed by atoms with E-state index in [0.717, 1.165) is 0 Å². The third kappa shape index (κ3) is 2.71. The van der Waals surface area contributed by atoms with Crippen LogP contribution in [0.4, 0.5) is 0 Å². The fourth-order valence-electron chi connectivity index (χ4n) is 0.800. The number of hydrogen-bond donors (Lipinski definition) is 1. The molecule has 0 bridgehead atoms. The van der Waals surface area contributed by atoms with E-state index in [4.69, 9.17) is 16.4 Å². The Labute approximate surface area is 80.9 Å². The largest absolute Gasteiger partial charge is 0.391 e. The molecular weight excluding hydrogens is 194 g/mol. The number of nitrogens with one attached hydrogen (secondary N) is 1. The van der Waals surface area contributed by atoms with Crippen LogP contribution in [-0.4, -0.2) is 36.8 Å². The lowest BCUT2D eigenvalue weighted by Gasteiger charge is -2.03. The standard InChI is InChI=1S/C7H10ClN3O2/c1-11-7(12)6(5-9-11)10-13-4-2-3-8/h2-3,9H,4-5H2,1H3. The molecule has 1 fully saturated rings. The number of rotatable bonds is 3. The van der Waals surface area contributed by atoms with Gasteiger partial charge in [0, 0.05) is 12.6 Å². The van der Waals surface area contributed by atoms with Gasteiger partial charge in [0.1, 0.15) is 6.61 Å². The molecule has 1 saturated heterocycles. The molecule has 1 aliphatic heterocycles. The Morgan fingerprint density at radius 2 is 2.62 bits per heavy atom. The molecule has 1 rings (SSSR count). The number of carbonyl (C=O) groups excluding carboxylic acids is 1. The zero-order chi connectivity index (χ0) is 9.68. The molecule has 1 heterocycles. The van der Waals surface area contributed by atoms with Crippen LogP contribution < -0.4 is 5.43 Å². The Balaban J connectivity index is 2.39. The van der Waals surface area contributed by atoms with Gasteiger partial charge in [-0.15, -0.1) is 0 Å². The number of carbonyl (C=O) groups is 1. The third-order valence-corrected chi connectivity index (χ3v) is 1.65. The molecule has 5 nitrogen and oxygen atoms in total. The minimum absolute atomic E-state index is 0.171. The van der Waals surface area contributed by atoms with E-state index >= 15 is 0 Å². The van der Waals surface area contributed by atoms with Crippen LogP contribution in [0.15, 0.2) is 16.8 Å². The first-order chi connectivity index (χ1) is 6.25. The molecule has 0 aromatic rings. The minimum atomic E-state index is -0.171. The van der Waals surface area contributed by atoms with Crippen molar-refractivity contribution in [1.82, 2.24) is 10.4 Å². The van der Waals surface area contributed by atoms with Gasteiger partial charge in [-0.2, -0.15) is 0 Å². The van der Waals surface area contributed by atoms with Crippen LogP contribution in [0.1, 0.15) is 0 Å². The zero-order valence-corrected chi connectivity index (χ0v) is 7.91. The fraction of sp³-hybridized carbons (Fsp3) is 0.429. The van der Waals surface area contributed by atoms with Gasteiger partial charge in [-0.3, -0.25) is 9.80 Å². The van der Waals surface area contributed by atoms with Gasteiger partial charge in [0.25, 0.3) is 5.91 Å². The van der Waals surface area contributed by atoms with E-state index in [1.807, 2.05) is 0 Å². The summed E-state index contributed by atoms with van der Waals surface area (Å²) in [5.74, 6) is -0.171. The molecule has 0 saturated carbocycles. The van der Waals surface area contributed by atoms with Gasteiger partial charge in [0.2, 0.25) is 0 Å². The van der Waals surface area contributed by atoms with E-state index in [9.17, 15) is 4.79 Å². The Morgan fingerprint density at radius 1 is 1.85 bits per heavy atom. The van der Waals surface area contributed by atoms with Crippen molar-refractivity contribution < 1.29 is 9.63 Å². The smallest absolute Gasteiger partial charge is 0.286 e. The maximum absolute atomic E-state index is 11.2. The van der Waals surface area contributed by atoms with Gasteiger partial charge in [0.15, 0.2) is 5.71 Å². The average molecular weight is 204 g/mol. The first kappa shape index (κ1) is 10.0. The van der Waals surface area contributed by atoms with E-state index in [2.05, 4.69) is 10.6 Å². The van der Waals surface area contributed by atoms with E-state index in [1.54, 1.807) is 13.1 Å². The molecular formula is C7H10ClN3O2. The monoisotopic (exact) mass is 203 g/mol. The van der Waals surface area contributed by atoms with Crippen molar-refractivity contribution in [2.45, 2.75) is 0 Å². The third-order valence-electron chi connectivity index (χ3n) is 1.47. The lowest BCUT2D eigenvalue weighted by Crippen LogP contribution is -2.29. The Hall–Kier alpha value is -1.07. The van der Waals surface area contributed by atoms with E-state index in [-0.39, 0.29) is 12.5 Å². The summed E-state index contributed by atoms with van der Waals surface area (Å²) in [5, 5.41) is 5.01. The van der Waals surface area contributed by atoms with Gasteiger partial charge >= 0.3 is 0 Å². The van der Waals surface area contributed by atoms with Crippen LogP contribution in [0.3, 0.4) is 0 Å². The molecule has 0 spiro atoms. The van der Waals surface area contributed by atoms with Gasteiger partial charge in [-0.25, -0.2) is 5.43 Å². The highest BCUT2D eigenvalue weighted by molar-refractivity contribution is 6.40. The zero-order valence-electron chi connectivity index (χ0n) is 7.16. The lowest BCUT2D eigenvalue weighted by molar-refractivity contribution is -0.123. The summed E-state index contributed by atoms with van der Waals surface area (Å²) in [7, 11) is 1.63. The van der Waals surface area contributed by atoms with E-state index in [0.29, 0.717) is 12.3 Å². The number of oxime groups is 1. The number of hydrazine groups is 1. The van der Waals surface area contributed by atoms with Gasteiger partial charge < -0.3 is 4.84 Å². The summed E-state index contributed by atoms with van der Waals surface area (Å²) in [6.07, 6.45) is 1.59. The number of amides is 1. The summed E-state index contributed by atoms with van der Waals surface area (Å²) in [6.45, 7) is 0.671. The van der Waals surface area contributed by atoms with Crippen molar-refractivity contribution >= 4 is 23.2 Å². The lowest BCUT2D eigenvalue weighted by atomic mass is 10.4. The molecule has 13 heavy (non-hydrogen) atoms. The summed E-state index contributed by atoms with van der Waals surface area (Å²) in [4.78, 5) is 16.0. The molecule has 0 radical (unpaired) electrons. The predicted octanol–water partition coefficient (Wildman–Crippen LogP) is 0.0881. The van der Waals surface area contributed by atoms with E-state index < -0.39 is 0 Å². The van der Waals surface area contributed by atoms with Crippen molar-refractivity contribution in [2.24, 2.45) is 5.16 Å². The van der Waals surface area contributed by atoms with Crippen LogP contribution in [0, 0.1) is 0 Å². The van der Waals surface area contributed by atoms with Gasteiger partial charge in [-0.1, -0.05) is 16.8 Å². The second-order valence-electron chi connectivity index (χ2n) is 2.39. The molecule has 0 aliphatic carbocycles. The summed E-state index contributed by atoms with van der Waals surface area (Å²) < 4.78 is 0. The normalized spacial score (nSPS) is 20.6. The Kier molecular flexibility index (Phi) is 3.72. The SMILES string of the molecule is CN1NCC(=NOCC=CCl)C1=O. The van der Waals surface area contributed by atoms with E-state index in [1.165, 1.54) is 10.5 Å². The quantitative estimate of drug-likeness (QED) is 0.523. The molecule has 6 heteroatoms. The van der Waals surface area contributed by atoms with Crippen LogP contribution in [0.2, 0.25) is 0 Å². The topological polar surface area (TPSA) is 53.9 Å². The molecule has 1 aliphatic rings. The predicted molar refractivity (Wildman–Crippen MR) is 49.2 cm³/mol. The Morgan fingerprint density at radius 3 is 3.15 bits per heavy atom. The molecule has 0 aromatic carbocycles. The highest BCUT2D eigenvalue weighted by Crippen LogP contribution is 1.95. The number of nitrogens with zero attached hydrogens (tertiary/aromatic N) is 2. The van der Waals surface area contributed by atoms with Crippen LogP contribution in [0.25, 0.3) is 0 Å². The Bertz CT molecular complexity index is 252. The second kappa shape index (κ2) is 4.84. The summed E-state index contributed by atoms with van der Waals surface area (Å²) >= 11 is 5.25. The first-order valence-electron chi connectivity index (χ1n) is 3.71. The average Bonchev–Trinajstić information content (AvgIpc) is 2.43. The number of hydrogen-bond acceptors (Lipinski definition) is 4. The molecule has 72 valence electrons. The number of halogens is 1. The first-order valence-corrected chi connectivity index (χ1v) is 4.15. The molecule has 1 N–H and O–H groups in total. The minimum Gasteiger partial charge on any atom is -0.391 e. The molecule has 1 amide bonds. The molecule has 0 unspecified atom stereocenters. The van der Waals surface area contributed by atoms with Crippen molar-refractivity contribution in [3.8, 4) is 0 Å². The van der Waals surface area contributed by atoms with Crippen molar-refractivity contribution in [1.29, 1.82) is 0 Å². The maximum Gasteiger partial charge on any atom is 0.286 e. The summed E-state index contributed by atoms with van der Waals surface area (Å²) in [6, 6.07) is 0. The highest BCUT2D eigenvalue weighted by Gasteiger charge is 2.24. The van der Waals surface area contributed by atoms with Crippen LogP contribution in [0.5, 0.6) is 0 Å². The molecule has 0 aromatic heterocycles. The molecule has 0 atom stereocenters. The van der Waals surface area contributed by atoms with Gasteiger partial charge in [-0.05, 0) is 6.08 Å². The van der Waals surface area contributed by atoms with Crippen LogP contribution in [-0.2, 0) is 9.63 Å².